The number of nitrogens with two attached hydrogens (primary N) is 1. The van der Waals surface area contributed by atoms with Gasteiger partial charge in [0, 0.05) is 11.8 Å². The summed E-state index contributed by atoms with van der Waals surface area (Å²) in [6.07, 6.45) is -1.66. The Morgan fingerprint density at radius 3 is 2.48 bits per heavy atom. The van der Waals surface area contributed by atoms with Crippen LogP contribution in [0.3, 0.4) is 0 Å². The minimum atomic E-state index is -4.24. The predicted molar refractivity (Wildman–Crippen MR) is 165 cm³/mol. The molecule has 0 aromatic carbocycles. The number of H-pyrrole nitrogens is 1. The Bertz CT molecular complexity index is 1960. The van der Waals surface area contributed by atoms with Crippen LogP contribution in [0.2, 0.25) is 0 Å². The lowest BCUT2D eigenvalue weighted by molar-refractivity contribution is -0.0501. The second-order valence-electron chi connectivity index (χ2n) is 11.2. The Kier molecular flexibility index (Phi) is 8.33. The number of fused-ring (bicyclic) bond motifs is 5. The first-order chi connectivity index (χ1) is 21.9. The number of aryl methyl sites for hydroxylation is 1. The van der Waals surface area contributed by atoms with E-state index in [1.54, 1.807) is 11.5 Å². The van der Waals surface area contributed by atoms with Crippen LogP contribution in [0, 0.1) is 18.8 Å². The zero-order chi connectivity index (χ0) is 32.5. The number of nitrogen functional groups attached to an aromatic ring is 1. The number of aromatic amines is 1. The maximum atomic E-state index is 13.7. The smallest absolute Gasteiger partial charge is 0.386 e. The van der Waals surface area contributed by atoms with E-state index in [2.05, 4.69) is 54.4 Å². The summed E-state index contributed by atoms with van der Waals surface area (Å²) in [4.78, 5) is 36.0. The molecule has 3 fully saturated rings. The van der Waals surface area contributed by atoms with Crippen LogP contribution in [0.1, 0.15) is 24.5 Å². The van der Waals surface area contributed by atoms with Crippen LogP contribution < -0.4 is 11.3 Å². The summed E-state index contributed by atoms with van der Waals surface area (Å²) in [7, 11) is 0. The van der Waals surface area contributed by atoms with Crippen molar-refractivity contribution in [2.24, 2.45) is 11.8 Å². The third-order valence-electron chi connectivity index (χ3n) is 8.38. The normalized spacial score (nSPS) is 37.2. The minimum absolute atomic E-state index is 0.0152. The highest BCUT2D eigenvalue weighted by Gasteiger charge is 2.52. The molecule has 3 aliphatic rings. The van der Waals surface area contributed by atoms with Crippen LogP contribution >= 0.6 is 38.1 Å². The number of nitrogens with zero attached hydrogens (tertiary/aromatic N) is 7. The molecule has 248 valence electrons. The van der Waals surface area contributed by atoms with Gasteiger partial charge in [-0.25, -0.2) is 34.0 Å². The Labute approximate surface area is 269 Å². The zero-order valence-electron chi connectivity index (χ0n) is 23.8. The molecule has 19 nitrogen and oxygen atoms in total. The molecule has 1 aliphatic carbocycles. The van der Waals surface area contributed by atoms with Crippen molar-refractivity contribution in [1.29, 1.82) is 0 Å². The number of ether oxygens (including phenoxy) is 1. The molecule has 6 heterocycles. The zero-order valence-corrected chi connectivity index (χ0v) is 27.4. The molecule has 46 heavy (non-hydrogen) atoms. The Morgan fingerprint density at radius 1 is 1.02 bits per heavy atom. The van der Waals surface area contributed by atoms with E-state index in [-0.39, 0.29) is 30.0 Å². The minimum Gasteiger partial charge on any atom is -0.396 e. The number of anilines is 1. The molecule has 0 amide bonds. The highest BCUT2D eigenvalue weighted by Crippen LogP contribution is 2.61. The van der Waals surface area contributed by atoms with E-state index < -0.39 is 80.9 Å². The van der Waals surface area contributed by atoms with Gasteiger partial charge in [-0.05, 0) is 13.3 Å². The molecule has 2 aliphatic heterocycles. The van der Waals surface area contributed by atoms with E-state index in [1.165, 1.54) is 23.5 Å². The van der Waals surface area contributed by atoms with Crippen molar-refractivity contribution in [1.82, 2.24) is 39.0 Å². The lowest BCUT2D eigenvalue weighted by Gasteiger charge is -2.28. The SMILES string of the molecule is Cc1nc2c(ncn2[C@@H]2O[C@@H]3CO[P@](=O)(S)O[C@@H]4[C@@H](CO[P@](=O)(S)O[C@@H]2[C@@H]3CO)C[C@@H](n2cnc3c(N)ncnc32)[C@@H]4O)c(=O)[nH]1. The summed E-state index contributed by atoms with van der Waals surface area (Å²) in [6.45, 7) is -8.15. The van der Waals surface area contributed by atoms with Gasteiger partial charge in [0.1, 0.15) is 36.0 Å². The molecule has 2 bridgehead atoms. The standard InChI is InChI=1S/C23H29N9O10P2S2/c1-9-29-21-15(22(35)30-9)28-8-32(21)23-18-11(3-33)13(40-23)5-39-44(37,46)41-17-10(4-38-43(36,45)42-18)2-12(16(17)34)31-7-27-14-19(24)25-6-26-20(14)31/h6-8,10-13,16-18,23,33-34H,2-5H2,1H3,(H,36,45)(H,37,46)(H2,24,25,26)(H,29,30,35)/t10-,11-,12-,13-,16+,17-,18-,23-,43+,44+/m1/s1. The summed E-state index contributed by atoms with van der Waals surface area (Å²) >= 11 is 8.38. The van der Waals surface area contributed by atoms with Gasteiger partial charge < -0.3 is 34.8 Å². The van der Waals surface area contributed by atoms with Gasteiger partial charge in [0.2, 0.25) is 0 Å². The number of hydrogen-bond donors (Lipinski definition) is 6. The van der Waals surface area contributed by atoms with Crippen molar-refractivity contribution in [3.05, 3.63) is 35.2 Å². The third kappa shape index (κ3) is 5.70. The molecule has 0 spiro atoms. The number of hydrogen-bond acceptors (Lipinski definition) is 16. The van der Waals surface area contributed by atoms with Gasteiger partial charge in [-0.2, -0.15) is 0 Å². The fourth-order valence-corrected chi connectivity index (χ4v) is 9.31. The Balaban J connectivity index is 1.22. The van der Waals surface area contributed by atoms with Gasteiger partial charge in [0.15, 0.2) is 28.9 Å². The molecule has 1 saturated carbocycles. The Morgan fingerprint density at radius 2 is 1.72 bits per heavy atom. The second-order valence-corrected chi connectivity index (χ2v) is 16.9. The summed E-state index contributed by atoms with van der Waals surface area (Å²) in [5, 5.41) is 21.8. The molecular weight excluding hydrogens is 688 g/mol. The number of thiol groups is 2. The molecule has 23 heteroatoms. The van der Waals surface area contributed by atoms with Gasteiger partial charge in [-0.1, -0.05) is 24.5 Å². The number of aliphatic hydroxyl groups is 2. The summed E-state index contributed by atoms with van der Waals surface area (Å²) < 4.78 is 59.6. The average molecular weight is 718 g/mol. The van der Waals surface area contributed by atoms with E-state index >= 15 is 0 Å². The molecule has 4 aromatic heterocycles. The topological polar surface area (TPSA) is 254 Å². The van der Waals surface area contributed by atoms with E-state index in [4.69, 9.17) is 28.6 Å². The molecular formula is C23H29N9O10P2S2. The highest BCUT2D eigenvalue weighted by atomic mass is 32.7. The molecule has 5 N–H and O–H groups in total. The molecule has 7 rings (SSSR count). The number of rotatable bonds is 3. The van der Waals surface area contributed by atoms with E-state index in [0.717, 1.165) is 0 Å². The molecule has 4 aromatic rings. The predicted octanol–water partition coefficient (Wildman–Crippen LogP) is 1.17. The molecule has 10 atom stereocenters. The average Bonchev–Trinajstić information content (AvgIpc) is 3.75. The van der Waals surface area contributed by atoms with Gasteiger partial charge in [-0.3, -0.25) is 22.9 Å². The second kappa shape index (κ2) is 11.9. The summed E-state index contributed by atoms with van der Waals surface area (Å²) in [5.41, 5.74) is 6.29. The highest BCUT2D eigenvalue weighted by molar-refractivity contribution is 8.44. The van der Waals surface area contributed by atoms with Gasteiger partial charge in [0.05, 0.1) is 44.6 Å². The first-order valence-corrected chi connectivity index (χ1v) is 19.4. The monoisotopic (exact) mass is 717 g/mol. The van der Waals surface area contributed by atoms with Crippen LogP contribution in [0.4, 0.5) is 5.82 Å². The van der Waals surface area contributed by atoms with E-state index in [0.29, 0.717) is 17.0 Å². The van der Waals surface area contributed by atoms with Crippen molar-refractivity contribution < 1.29 is 42.2 Å². The van der Waals surface area contributed by atoms with Gasteiger partial charge in [-0.15, -0.1) is 0 Å². The molecule has 0 unspecified atom stereocenters. The number of imidazole rings is 2. The van der Waals surface area contributed by atoms with Gasteiger partial charge >= 0.3 is 13.6 Å². The number of aliphatic hydroxyl groups excluding tert-OH is 2. The maximum Gasteiger partial charge on any atom is 0.386 e. The Hall–Kier alpha value is -2.42. The van der Waals surface area contributed by atoms with E-state index in [9.17, 15) is 24.1 Å². The lowest BCUT2D eigenvalue weighted by atomic mass is 9.99. The third-order valence-corrected chi connectivity index (χ3v) is 11.6. The van der Waals surface area contributed by atoms with Crippen LogP contribution in [-0.2, 0) is 32.0 Å². The van der Waals surface area contributed by atoms with Crippen molar-refractivity contribution in [2.75, 3.05) is 25.6 Å². The van der Waals surface area contributed by atoms with Crippen molar-refractivity contribution in [3.63, 3.8) is 0 Å². The molecule has 0 radical (unpaired) electrons. The van der Waals surface area contributed by atoms with Crippen LogP contribution in [-0.4, -0.2) is 93.5 Å². The van der Waals surface area contributed by atoms with E-state index in [1.807, 2.05) is 0 Å². The number of nitrogens with one attached hydrogen (secondary N) is 1. The largest absolute Gasteiger partial charge is 0.396 e. The lowest BCUT2D eigenvalue weighted by Crippen LogP contribution is -2.33. The van der Waals surface area contributed by atoms with Crippen molar-refractivity contribution in [3.8, 4) is 0 Å². The molecule has 2 saturated heterocycles. The first kappa shape index (κ1) is 32.1. The fraction of sp³-hybridized carbons (Fsp3) is 0.565. The summed E-state index contributed by atoms with van der Waals surface area (Å²) in [6, 6.07) is -0.712. The first-order valence-electron chi connectivity index (χ1n) is 14.0. The summed E-state index contributed by atoms with van der Waals surface area (Å²) in [5.74, 6) is -1.18. The van der Waals surface area contributed by atoms with Crippen LogP contribution in [0.5, 0.6) is 0 Å². The quantitative estimate of drug-likeness (QED) is 0.128. The fourth-order valence-electron chi connectivity index (χ4n) is 6.25. The maximum absolute atomic E-state index is 13.7. The van der Waals surface area contributed by atoms with Crippen LogP contribution in [0.25, 0.3) is 22.3 Å². The van der Waals surface area contributed by atoms with Gasteiger partial charge in [0.25, 0.3) is 5.56 Å². The number of aromatic nitrogens is 8. The van der Waals surface area contributed by atoms with Crippen molar-refractivity contribution >= 4 is 66.2 Å². The van der Waals surface area contributed by atoms with Crippen LogP contribution in [0.15, 0.2) is 23.8 Å². The van der Waals surface area contributed by atoms with Crippen molar-refractivity contribution in [2.45, 2.75) is 50.0 Å².